The third kappa shape index (κ3) is 3.36. The summed E-state index contributed by atoms with van der Waals surface area (Å²) < 4.78 is 0. The zero-order valence-electron chi connectivity index (χ0n) is 7.48. The van der Waals surface area contributed by atoms with E-state index in [9.17, 15) is 9.59 Å². The van der Waals surface area contributed by atoms with E-state index >= 15 is 0 Å². The molecule has 74 valence electrons. The average molecular weight is 211 g/mol. The van der Waals surface area contributed by atoms with Gasteiger partial charge in [0.2, 0.25) is 11.8 Å². The van der Waals surface area contributed by atoms with E-state index in [2.05, 4.69) is 15.6 Å². The molecule has 5 nitrogen and oxygen atoms in total. The number of likely N-dealkylation sites (N-methyl/N-ethyl adjacent to an activating group) is 1. The fourth-order valence-electron chi connectivity index (χ4n) is 0.667. The van der Waals surface area contributed by atoms with Gasteiger partial charge in [-0.2, -0.15) is 0 Å². The third-order valence-corrected chi connectivity index (χ3v) is 1.98. The predicted molar refractivity (Wildman–Crippen MR) is 54.0 cm³/mol. The average Bonchev–Trinajstić information content (AvgIpc) is 2.66. The number of anilines is 1. The minimum Gasteiger partial charge on any atom is -0.356 e. The van der Waals surface area contributed by atoms with Crippen molar-refractivity contribution < 1.29 is 9.59 Å². The SMILES string of the molecule is CNC(=O)/C=C\C(=O)Nc1nccs1. The summed E-state index contributed by atoms with van der Waals surface area (Å²) >= 11 is 1.31. The predicted octanol–water partition coefficient (Wildman–Crippen LogP) is 0.384. The Balaban J connectivity index is 2.44. The largest absolute Gasteiger partial charge is 0.356 e. The molecule has 0 fully saturated rings. The van der Waals surface area contributed by atoms with Crippen molar-refractivity contribution in [1.82, 2.24) is 10.3 Å². The van der Waals surface area contributed by atoms with Crippen molar-refractivity contribution in [2.24, 2.45) is 0 Å². The van der Waals surface area contributed by atoms with Gasteiger partial charge in [-0.1, -0.05) is 0 Å². The molecule has 0 radical (unpaired) electrons. The molecule has 1 aromatic heterocycles. The maximum atomic E-state index is 11.1. The normalized spacial score (nSPS) is 10.1. The highest BCUT2D eigenvalue weighted by Gasteiger charge is 1.99. The van der Waals surface area contributed by atoms with Gasteiger partial charge in [-0.25, -0.2) is 4.98 Å². The molecule has 6 heteroatoms. The number of aromatic nitrogens is 1. The Morgan fingerprint density at radius 2 is 2.14 bits per heavy atom. The molecule has 0 saturated heterocycles. The quantitative estimate of drug-likeness (QED) is 0.710. The highest BCUT2D eigenvalue weighted by molar-refractivity contribution is 7.13. The Morgan fingerprint density at radius 3 is 2.71 bits per heavy atom. The Bertz CT molecular complexity index is 345. The van der Waals surface area contributed by atoms with Crippen molar-refractivity contribution in [2.45, 2.75) is 0 Å². The molecule has 1 rings (SSSR count). The van der Waals surface area contributed by atoms with E-state index in [1.165, 1.54) is 18.4 Å². The second-order valence-corrected chi connectivity index (χ2v) is 3.17. The van der Waals surface area contributed by atoms with Gasteiger partial charge in [-0.05, 0) is 0 Å². The lowest BCUT2D eigenvalue weighted by molar-refractivity contribution is -0.117. The van der Waals surface area contributed by atoms with Gasteiger partial charge < -0.3 is 5.32 Å². The number of carbonyl (C=O) groups is 2. The Hall–Kier alpha value is -1.69. The van der Waals surface area contributed by atoms with E-state index in [-0.39, 0.29) is 11.8 Å². The second kappa shape index (κ2) is 5.13. The lowest BCUT2D eigenvalue weighted by atomic mass is 10.4. The van der Waals surface area contributed by atoms with Gasteiger partial charge in [0.1, 0.15) is 0 Å². The maximum absolute atomic E-state index is 11.1. The third-order valence-electron chi connectivity index (χ3n) is 1.29. The monoisotopic (exact) mass is 211 g/mol. The van der Waals surface area contributed by atoms with Crippen LogP contribution in [0, 0.1) is 0 Å². The van der Waals surface area contributed by atoms with Crippen LogP contribution in [0.3, 0.4) is 0 Å². The maximum Gasteiger partial charge on any atom is 0.250 e. The van der Waals surface area contributed by atoms with Crippen LogP contribution in [0.1, 0.15) is 0 Å². The van der Waals surface area contributed by atoms with Crippen LogP contribution < -0.4 is 10.6 Å². The molecule has 0 aliphatic rings. The fourth-order valence-corrected chi connectivity index (χ4v) is 1.20. The van der Waals surface area contributed by atoms with Crippen LogP contribution in [0.25, 0.3) is 0 Å². The molecule has 14 heavy (non-hydrogen) atoms. The van der Waals surface area contributed by atoms with Gasteiger partial charge in [-0.15, -0.1) is 11.3 Å². The Kier molecular flexibility index (Phi) is 3.81. The molecule has 1 aromatic rings. The molecule has 0 aliphatic heterocycles. The zero-order valence-corrected chi connectivity index (χ0v) is 8.30. The number of nitrogens with zero attached hydrogens (tertiary/aromatic N) is 1. The van der Waals surface area contributed by atoms with Crippen molar-refractivity contribution in [3.63, 3.8) is 0 Å². The number of nitrogens with one attached hydrogen (secondary N) is 2. The van der Waals surface area contributed by atoms with Crippen molar-refractivity contribution >= 4 is 28.3 Å². The number of amides is 2. The number of hydrogen-bond donors (Lipinski definition) is 2. The lowest BCUT2D eigenvalue weighted by Crippen LogP contribution is -2.16. The number of thiazole rings is 1. The van der Waals surface area contributed by atoms with E-state index in [0.717, 1.165) is 12.2 Å². The van der Waals surface area contributed by atoms with Crippen LogP contribution >= 0.6 is 11.3 Å². The summed E-state index contributed by atoms with van der Waals surface area (Å²) in [6, 6.07) is 0. The van der Waals surface area contributed by atoms with Gasteiger partial charge in [-0.3, -0.25) is 14.9 Å². The van der Waals surface area contributed by atoms with Gasteiger partial charge >= 0.3 is 0 Å². The van der Waals surface area contributed by atoms with Crippen molar-refractivity contribution in [3.05, 3.63) is 23.7 Å². The molecule has 0 aliphatic carbocycles. The summed E-state index contributed by atoms with van der Waals surface area (Å²) in [6.45, 7) is 0. The fraction of sp³-hybridized carbons (Fsp3) is 0.125. The van der Waals surface area contributed by atoms with Crippen molar-refractivity contribution in [1.29, 1.82) is 0 Å². The number of carbonyl (C=O) groups excluding carboxylic acids is 2. The van der Waals surface area contributed by atoms with Crippen LogP contribution in [0.4, 0.5) is 5.13 Å². The lowest BCUT2D eigenvalue weighted by Gasteiger charge is -1.94. The van der Waals surface area contributed by atoms with Crippen LogP contribution in [-0.2, 0) is 9.59 Å². The van der Waals surface area contributed by atoms with E-state index in [1.54, 1.807) is 11.6 Å². The highest BCUT2D eigenvalue weighted by Crippen LogP contribution is 2.09. The van der Waals surface area contributed by atoms with Crippen LogP contribution in [0.15, 0.2) is 23.7 Å². The summed E-state index contributed by atoms with van der Waals surface area (Å²) in [6.07, 6.45) is 3.89. The van der Waals surface area contributed by atoms with Gasteiger partial charge in [0.15, 0.2) is 5.13 Å². The van der Waals surface area contributed by atoms with Gasteiger partial charge in [0.05, 0.1) is 0 Å². The first-order chi connectivity index (χ1) is 6.72. The van der Waals surface area contributed by atoms with Crippen molar-refractivity contribution in [2.75, 3.05) is 12.4 Å². The van der Waals surface area contributed by atoms with E-state index < -0.39 is 0 Å². The first-order valence-electron chi connectivity index (χ1n) is 3.82. The molecule has 0 unspecified atom stereocenters. The van der Waals surface area contributed by atoms with Crippen LogP contribution in [0.2, 0.25) is 0 Å². The van der Waals surface area contributed by atoms with Gasteiger partial charge in [0, 0.05) is 30.8 Å². The van der Waals surface area contributed by atoms with E-state index in [0.29, 0.717) is 5.13 Å². The van der Waals surface area contributed by atoms with E-state index in [1.807, 2.05) is 0 Å². The van der Waals surface area contributed by atoms with E-state index in [4.69, 9.17) is 0 Å². The Morgan fingerprint density at radius 1 is 1.43 bits per heavy atom. The summed E-state index contributed by atoms with van der Waals surface area (Å²) in [5.41, 5.74) is 0. The molecule has 1 heterocycles. The number of rotatable bonds is 3. The number of hydrogen-bond acceptors (Lipinski definition) is 4. The van der Waals surface area contributed by atoms with Crippen LogP contribution in [0.5, 0.6) is 0 Å². The smallest absolute Gasteiger partial charge is 0.250 e. The zero-order chi connectivity index (χ0) is 10.4. The standard InChI is InChI=1S/C8H9N3O2S/c1-9-6(12)2-3-7(13)11-8-10-4-5-14-8/h2-5H,1H3,(H,9,12)(H,10,11,13)/b3-2-. The molecule has 0 spiro atoms. The summed E-state index contributed by atoms with van der Waals surface area (Å²) in [7, 11) is 1.49. The first-order valence-corrected chi connectivity index (χ1v) is 4.70. The molecule has 0 bridgehead atoms. The summed E-state index contributed by atoms with van der Waals surface area (Å²) in [4.78, 5) is 25.7. The van der Waals surface area contributed by atoms with Gasteiger partial charge in [0.25, 0.3) is 0 Å². The molecular weight excluding hydrogens is 202 g/mol. The summed E-state index contributed by atoms with van der Waals surface area (Å²) in [5, 5.41) is 7.12. The Labute approximate surface area is 84.8 Å². The highest BCUT2D eigenvalue weighted by atomic mass is 32.1. The van der Waals surface area contributed by atoms with Crippen LogP contribution in [-0.4, -0.2) is 23.8 Å². The molecule has 2 amide bonds. The second-order valence-electron chi connectivity index (χ2n) is 2.27. The topological polar surface area (TPSA) is 71.1 Å². The molecule has 0 aromatic carbocycles. The minimum absolute atomic E-state index is 0.320. The first kappa shape index (κ1) is 10.4. The van der Waals surface area contributed by atoms with Crippen molar-refractivity contribution in [3.8, 4) is 0 Å². The molecular formula is C8H9N3O2S. The summed E-state index contributed by atoms with van der Waals surface area (Å²) in [5.74, 6) is -0.692. The minimum atomic E-state index is -0.372. The molecule has 0 saturated carbocycles. The molecule has 0 atom stereocenters. The molecule has 2 N–H and O–H groups in total.